The van der Waals surface area contributed by atoms with Gasteiger partial charge in [-0.05, 0) is 32.4 Å². The summed E-state index contributed by atoms with van der Waals surface area (Å²) < 4.78 is 5.23. The van der Waals surface area contributed by atoms with Gasteiger partial charge in [-0.15, -0.1) is 0 Å². The molecule has 0 aliphatic rings. The number of urea groups is 1. The number of carbonyl (C=O) groups is 2. The van der Waals surface area contributed by atoms with E-state index < -0.39 is 6.03 Å². The molecule has 0 aromatic carbocycles. The highest BCUT2D eigenvalue weighted by atomic mass is 16.3. The Morgan fingerprint density at radius 2 is 2.16 bits per heavy atom. The van der Waals surface area contributed by atoms with Crippen molar-refractivity contribution in [2.75, 3.05) is 6.54 Å². The van der Waals surface area contributed by atoms with Gasteiger partial charge in [0.15, 0.2) is 12.3 Å². The van der Waals surface area contributed by atoms with Crippen LogP contribution in [0.1, 0.15) is 39.0 Å². The minimum Gasteiger partial charge on any atom is -0.463 e. The second kappa shape index (κ2) is 7.58. The van der Waals surface area contributed by atoms with Gasteiger partial charge in [0, 0.05) is 6.04 Å². The van der Waals surface area contributed by atoms with Crippen LogP contribution in [0.4, 0.5) is 4.79 Å². The molecule has 1 aromatic heterocycles. The Morgan fingerprint density at radius 1 is 1.42 bits per heavy atom. The van der Waals surface area contributed by atoms with E-state index in [1.54, 1.807) is 12.3 Å². The van der Waals surface area contributed by atoms with E-state index in [1.165, 1.54) is 0 Å². The van der Waals surface area contributed by atoms with Gasteiger partial charge in [0.1, 0.15) is 6.04 Å². The molecule has 6 heteroatoms. The lowest BCUT2D eigenvalue weighted by molar-refractivity contribution is -0.684. The highest BCUT2D eigenvalue weighted by Gasteiger charge is 2.15. The zero-order valence-corrected chi connectivity index (χ0v) is 11.6. The highest BCUT2D eigenvalue weighted by molar-refractivity contribution is 5.94. The van der Waals surface area contributed by atoms with E-state index in [9.17, 15) is 9.59 Å². The highest BCUT2D eigenvalue weighted by Crippen LogP contribution is 2.07. The normalized spacial score (nSPS) is 13.6. The summed E-state index contributed by atoms with van der Waals surface area (Å²) in [4.78, 5) is 23.0. The summed E-state index contributed by atoms with van der Waals surface area (Å²) in [6, 6.07) is 3.31. The monoisotopic (exact) mass is 268 g/mol. The molecular formula is C13H22N3O3+. The zero-order valence-electron chi connectivity index (χ0n) is 11.6. The van der Waals surface area contributed by atoms with Crippen molar-refractivity contribution in [1.29, 1.82) is 0 Å². The molecule has 0 aliphatic carbocycles. The van der Waals surface area contributed by atoms with E-state index >= 15 is 0 Å². The average molecular weight is 268 g/mol. The molecule has 3 amide bonds. The summed E-state index contributed by atoms with van der Waals surface area (Å²) in [5.74, 6) is 0.482. The van der Waals surface area contributed by atoms with E-state index in [2.05, 4.69) is 10.6 Å². The molecule has 1 heterocycles. The fourth-order valence-corrected chi connectivity index (χ4v) is 1.49. The van der Waals surface area contributed by atoms with E-state index in [1.807, 2.05) is 32.2 Å². The van der Waals surface area contributed by atoms with Gasteiger partial charge >= 0.3 is 6.03 Å². The smallest absolute Gasteiger partial charge is 0.321 e. The first-order valence-electron chi connectivity index (χ1n) is 6.50. The van der Waals surface area contributed by atoms with Crippen LogP contribution in [0.5, 0.6) is 0 Å². The quantitative estimate of drug-likeness (QED) is 0.703. The molecule has 0 saturated heterocycles. The van der Waals surface area contributed by atoms with Crippen LogP contribution < -0.4 is 16.0 Å². The molecular weight excluding hydrogens is 246 g/mol. The van der Waals surface area contributed by atoms with E-state index in [-0.39, 0.29) is 24.5 Å². The standard InChI is InChI=1S/C13H21N3O3/c1-4-9(2)15-13(18)16-12(17)8-14-10(3)11-6-5-7-19-11/h5-7,9-10,14H,4,8H2,1-3H3,(H2,15,16,17,18)/p+1/t9-,10-/m1/s1. The second-order valence-electron chi connectivity index (χ2n) is 4.57. The van der Waals surface area contributed by atoms with Crippen molar-refractivity contribution in [2.24, 2.45) is 0 Å². The average Bonchev–Trinajstić information content (AvgIpc) is 2.89. The Kier molecular flexibility index (Phi) is 6.08. The van der Waals surface area contributed by atoms with Crippen molar-refractivity contribution in [2.45, 2.75) is 39.3 Å². The molecule has 1 aromatic rings. The molecule has 0 spiro atoms. The van der Waals surface area contributed by atoms with Gasteiger partial charge < -0.3 is 15.1 Å². The minimum absolute atomic E-state index is 0.0402. The molecule has 0 bridgehead atoms. The van der Waals surface area contributed by atoms with Gasteiger partial charge in [0.05, 0.1) is 6.26 Å². The molecule has 1 rings (SSSR count). The van der Waals surface area contributed by atoms with Crippen molar-refractivity contribution < 1.29 is 19.3 Å². The molecule has 0 radical (unpaired) electrons. The molecule has 6 nitrogen and oxygen atoms in total. The minimum atomic E-state index is -0.446. The molecule has 0 unspecified atom stereocenters. The lowest BCUT2D eigenvalue weighted by Gasteiger charge is -2.12. The van der Waals surface area contributed by atoms with Crippen molar-refractivity contribution >= 4 is 11.9 Å². The molecule has 2 atom stereocenters. The number of carbonyl (C=O) groups excluding carboxylic acids is 2. The van der Waals surface area contributed by atoms with E-state index in [0.717, 1.165) is 12.2 Å². The van der Waals surface area contributed by atoms with E-state index in [0.29, 0.717) is 0 Å². The van der Waals surface area contributed by atoms with Gasteiger partial charge in [-0.3, -0.25) is 10.1 Å². The van der Waals surface area contributed by atoms with E-state index in [4.69, 9.17) is 4.42 Å². The maximum absolute atomic E-state index is 11.6. The van der Waals surface area contributed by atoms with Gasteiger partial charge in [0.2, 0.25) is 0 Å². The lowest BCUT2D eigenvalue weighted by Crippen LogP contribution is -2.87. The number of nitrogens with one attached hydrogen (secondary N) is 2. The topological polar surface area (TPSA) is 88.0 Å². The summed E-state index contributed by atoms with van der Waals surface area (Å²) in [6.45, 7) is 5.96. The molecule has 0 saturated carbocycles. The SMILES string of the molecule is CC[C@@H](C)NC(=O)NC(=O)C[NH2+][C@H](C)c1ccco1. The number of nitrogens with two attached hydrogens (primary N) is 1. The number of amides is 3. The van der Waals surface area contributed by atoms with Crippen LogP contribution in [0.2, 0.25) is 0 Å². The van der Waals surface area contributed by atoms with Crippen molar-refractivity contribution in [3.63, 3.8) is 0 Å². The van der Waals surface area contributed by atoms with Crippen molar-refractivity contribution in [1.82, 2.24) is 10.6 Å². The van der Waals surface area contributed by atoms with Gasteiger partial charge in [-0.2, -0.15) is 0 Å². The predicted octanol–water partition coefficient (Wildman–Crippen LogP) is 0.528. The Bertz CT molecular complexity index is 403. The van der Waals surface area contributed by atoms with Crippen molar-refractivity contribution in [3.8, 4) is 0 Å². The van der Waals surface area contributed by atoms with Crippen LogP contribution in [0.15, 0.2) is 22.8 Å². The first kappa shape index (κ1) is 15.2. The predicted molar refractivity (Wildman–Crippen MR) is 70.3 cm³/mol. The number of imide groups is 1. The summed E-state index contributed by atoms with van der Waals surface area (Å²) in [7, 11) is 0. The van der Waals surface area contributed by atoms with Crippen LogP contribution >= 0.6 is 0 Å². The fraction of sp³-hybridized carbons (Fsp3) is 0.538. The third-order valence-corrected chi connectivity index (χ3v) is 2.89. The lowest BCUT2D eigenvalue weighted by atomic mass is 10.2. The van der Waals surface area contributed by atoms with Gasteiger partial charge in [-0.25, -0.2) is 4.79 Å². The summed E-state index contributed by atoms with van der Waals surface area (Å²) in [6.07, 6.45) is 2.42. The summed E-state index contributed by atoms with van der Waals surface area (Å²) >= 11 is 0. The summed E-state index contributed by atoms with van der Waals surface area (Å²) in [5.41, 5.74) is 0. The summed E-state index contributed by atoms with van der Waals surface area (Å²) in [5, 5.41) is 6.78. The third kappa shape index (κ3) is 5.56. The number of rotatable bonds is 6. The third-order valence-electron chi connectivity index (χ3n) is 2.89. The van der Waals surface area contributed by atoms with Crippen LogP contribution in [0.25, 0.3) is 0 Å². The van der Waals surface area contributed by atoms with Gasteiger partial charge in [-0.1, -0.05) is 6.92 Å². The zero-order chi connectivity index (χ0) is 14.3. The Hall–Kier alpha value is -1.82. The number of quaternary nitrogens is 1. The van der Waals surface area contributed by atoms with Crippen LogP contribution in [0, 0.1) is 0 Å². The number of hydrogen-bond acceptors (Lipinski definition) is 3. The molecule has 0 fully saturated rings. The number of furan rings is 1. The van der Waals surface area contributed by atoms with Gasteiger partial charge in [0.25, 0.3) is 5.91 Å². The van der Waals surface area contributed by atoms with Crippen LogP contribution in [0.3, 0.4) is 0 Å². The number of hydrogen-bond donors (Lipinski definition) is 3. The van der Waals surface area contributed by atoms with Crippen LogP contribution in [-0.2, 0) is 4.79 Å². The molecule has 106 valence electrons. The first-order valence-corrected chi connectivity index (χ1v) is 6.50. The molecule has 19 heavy (non-hydrogen) atoms. The first-order chi connectivity index (χ1) is 9.02. The largest absolute Gasteiger partial charge is 0.463 e. The van der Waals surface area contributed by atoms with Crippen molar-refractivity contribution in [3.05, 3.63) is 24.2 Å². The van der Waals surface area contributed by atoms with Crippen LogP contribution in [-0.4, -0.2) is 24.5 Å². The molecule has 0 aliphatic heterocycles. The Balaban J connectivity index is 2.26. The maximum Gasteiger partial charge on any atom is 0.321 e. The maximum atomic E-state index is 11.6. The Labute approximate surface area is 112 Å². The Morgan fingerprint density at radius 3 is 2.74 bits per heavy atom. The fourth-order valence-electron chi connectivity index (χ4n) is 1.49. The second-order valence-corrected chi connectivity index (χ2v) is 4.57. The molecule has 4 N–H and O–H groups in total.